The maximum Gasteiger partial charge on any atom is 0.307 e. The molecule has 1 aromatic carbocycles. The van der Waals surface area contributed by atoms with Crippen LogP contribution < -0.4 is 0 Å². The fourth-order valence-electron chi connectivity index (χ4n) is 1.68. The molecule has 1 aromatic rings. The third-order valence-electron chi connectivity index (χ3n) is 3.08. The molecule has 0 saturated carbocycles. The minimum Gasteiger partial charge on any atom is -0.469 e. The number of esters is 1. The Labute approximate surface area is 114 Å². The summed E-state index contributed by atoms with van der Waals surface area (Å²) >= 11 is 0. The van der Waals surface area contributed by atoms with Crippen LogP contribution in [-0.2, 0) is 19.3 Å². The summed E-state index contributed by atoms with van der Waals surface area (Å²) < 4.78 is 4.54. The molecule has 0 heterocycles. The molecule has 2 unspecified atom stereocenters. The van der Waals surface area contributed by atoms with Gasteiger partial charge in [0.25, 0.3) is 0 Å². The van der Waals surface area contributed by atoms with Crippen LogP contribution in [-0.4, -0.2) is 19.7 Å². The van der Waals surface area contributed by atoms with Crippen molar-refractivity contribution in [2.45, 2.75) is 32.8 Å². The molecule has 0 N–H and O–H groups in total. The van der Waals surface area contributed by atoms with E-state index in [0.29, 0.717) is 5.92 Å². The molecule has 0 aliphatic carbocycles. The number of benzene rings is 1. The van der Waals surface area contributed by atoms with E-state index >= 15 is 0 Å². The number of rotatable bonds is 8. The molecule has 0 saturated heterocycles. The van der Waals surface area contributed by atoms with Gasteiger partial charge in [0.2, 0.25) is 0 Å². The van der Waals surface area contributed by atoms with E-state index in [4.69, 9.17) is 9.78 Å². The standard InChI is InChI=1S/C15H22O4/c1-4-12(2)15(13-8-6-5-7-9-13)19-18-11-10-14(16)17-3/h5-9,12,15H,4,10-11H2,1-3H3. The number of hydrogen-bond donors (Lipinski definition) is 0. The highest BCUT2D eigenvalue weighted by Crippen LogP contribution is 2.28. The van der Waals surface area contributed by atoms with E-state index in [2.05, 4.69) is 18.6 Å². The van der Waals surface area contributed by atoms with Crippen molar-refractivity contribution in [1.82, 2.24) is 0 Å². The van der Waals surface area contributed by atoms with Crippen molar-refractivity contribution < 1.29 is 19.3 Å². The summed E-state index contributed by atoms with van der Waals surface area (Å²) in [4.78, 5) is 21.6. The summed E-state index contributed by atoms with van der Waals surface area (Å²) in [5.74, 6) is 0.0314. The Morgan fingerprint density at radius 1 is 1.26 bits per heavy atom. The average Bonchev–Trinajstić information content (AvgIpc) is 2.47. The molecule has 0 spiro atoms. The molecule has 0 radical (unpaired) electrons. The first-order chi connectivity index (χ1) is 9.19. The summed E-state index contributed by atoms with van der Waals surface area (Å²) in [6.45, 7) is 4.42. The van der Waals surface area contributed by atoms with Crippen LogP contribution in [0.5, 0.6) is 0 Å². The van der Waals surface area contributed by atoms with Gasteiger partial charge in [-0.05, 0) is 11.5 Å². The lowest BCUT2D eigenvalue weighted by Gasteiger charge is -2.22. The summed E-state index contributed by atoms with van der Waals surface area (Å²) in [7, 11) is 1.36. The van der Waals surface area contributed by atoms with Gasteiger partial charge in [0.15, 0.2) is 0 Å². The highest BCUT2D eigenvalue weighted by atomic mass is 17.2. The third kappa shape index (κ3) is 5.41. The molecule has 0 aliphatic rings. The highest BCUT2D eigenvalue weighted by Gasteiger charge is 2.19. The summed E-state index contributed by atoms with van der Waals surface area (Å²) in [6, 6.07) is 9.95. The fraction of sp³-hybridized carbons (Fsp3) is 0.533. The van der Waals surface area contributed by atoms with Gasteiger partial charge in [0.1, 0.15) is 6.10 Å². The summed E-state index contributed by atoms with van der Waals surface area (Å²) in [5.41, 5.74) is 1.08. The van der Waals surface area contributed by atoms with E-state index in [9.17, 15) is 4.79 Å². The average molecular weight is 266 g/mol. The quantitative estimate of drug-likeness (QED) is 0.313. The third-order valence-corrected chi connectivity index (χ3v) is 3.08. The van der Waals surface area contributed by atoms with Gasteiger partial charge in [-0.15, -0.1) is 0 Å². The molecule has 1 rings (SSSR count). The van der Waals surface area contributed by atoms with E-state index in [1.54, 1.807) is 0 Å². The summed E-state index contributed by atoms with van der Waals surface area (Å²) in [5, 5.41) is 0. The smallest absolute Gasteiger partial charge is 0.307 e. The topological polar surface area (TPSA) is 44.8 Å². The maximum absolute atomic E-state index is 11.0. The molecular weight excluding hydrogens is 244 g/mol. The van der Waals surface area contributed by atoms with Crippen molar-refractivity contribution in [3.63, 3.8) is 0 Å². The number of carbonyl (C=O) groups excluding carboxylic acids is 1. The van der Waals surface area contributed by atoms with Crippen LogP contribution in [0.3, 0.4) is 0 Å². The van der Waals surface area contributed by atoms with E-state index in [0.717, 1.165) is 12.0 Å². The Hall–Kier alpha value is -1.39. The first kappa shape index (κ1) is 15.7. The van der Waals surface area contributed by atoms with E-state index in [-0.39, 0.29) is 25.1 Å². The molecule has 0 aliphatic heterocycles. The lowest BCUT2D eigenvalue weighted by Crippen LogP contribution is -2.15. The van der Waals surface area contributed by atoms with Crippen LogP contribution >= 0.6 is 0 Å². The minimum absolute atomic E-state index is 0.121. The van der Waals surface area contributed by atoms with Crippen molar-refractivity contribution in [2.75, 3.05) is 13.7 Å². The van der Waals surface area contributed by atoms with Crippen LogP contribution in [0.25, 0.3) is 0 Å². The molecule has 106 valence electrons. The van der Waals surface area contributed by atoms with Crippen molar-refractivity contribution >= 4 is 5.97 Å². The van der Waals surface area contributed by atoms with Crippen LogP contribution in [0, 0.1) is 5.92 Å². The molecule has 0 fully saturated rings. The molecule has 0 aromatic heterocycles. The SMILES string of the molecule is CCC(C)C(OOCCC(=O)OC)c1ccccc1. The zero-order valence-corrected chi connectivity index (χ0v) is 11.8. The Morgan fingerprint density at radius 3 is 2.53 bits per heavy atom. The predicted octanol–water partition coefficient (Wildman–Crippen LogP) is 3.29. The molecular formula is C15H22O4. The number of carbonyl (C=O) groups is 1. The van der Waals surface area contributed by atoms with E-state index in [1.165, 1.54) is 7.11 Å². The van der Waals surface area contributed by atoms with Gasteiger partial charge in [0, 0.05) is 0 Å². The summed E-state index contributed by atoms with van der Waals surface area (Å²) in [6.07, 6.45) is 1.06. The minimum atomic E-state index is -0.302. The van der Waals surface area contributed by atoms with Crippen molar-refractivity contribution in [3.05, 3.63) is 35.9 Å². The van der Waals surface area contributed by atoms with Gasteiger partial charge >= 0.3 is 5.97 Å². The zero-order valence-electron chi connectivity index (χ0n) is 11.8. The Bertz CT molecular complexity index is 364. The molecule has 19 heavy (non-hydrogen) atoms. The van der Waals surface area contributed by atoms with Crippen LogP contribution in [0.4, 0.5) is 0 Å². The number of hydrogen-bond acceptors (Lipinski definition) is 4. The van der Waals surface area contributed by atoms with Crippen LogP contribution in [0.2, 0.25) is 0 Å². The number of ether oxygens (including phenoxy) is 1. The molecule has 0 bridgehead atoms. The van der Waals surface area contributed by atoms with Crippen LogP contribution in [0.15, 0.2) is 30.3 Å². The van der Waals surface area contributed by atoms with E-state index < -0.39 is 0 Å². The van der Waals surface area contributed by atoms with E-state index in [1.807, 2.05) is 30.3 Å². The largest absolute Gasteiger partial charge is 0.469 e. The second-order valence-electron chi connectivity index (χ2n) is 4.46. The predicted molar refractivity (Wildman–Crippen MR) is 72.3 cm³/mol. The van der Waals surface area contributed by atoms with Crippen LogP contribution in [0.1, 0.15) is 38.4 Å². The first-order valence-corrected chi connectivity index (χ1v) is 6.59. The molecule has 4 nitrogen and oxygen atoms in total. The fourth-order valence-corrected chi connectivity index (χ4v) is 1.68. The molecule has 2 atom stereocenters. The zero-order chi connectivity index (χ0) is 14.1. The maximum atomic E-state index is 11.0. The van der Waals surface area contributed by atoms with Crippen molar-refractivity contribution in [1.29, 1.82) is 0 Å². The van der Waals surface area contributed by atoms with Crippen molar-refractivity contribution in [2.24, 2.45) is 5.92 Å². The first-order valence-electron chi connectivity index (χ1n) is 6.59. The lowest BCUT2D eigenvalue weighted by atomic mass is 9.95. The Kier molecular flexibility index (Phi) is 7.15. The second-order valence-corrected chi connectivity index (χ2v) is 4.46. The van der Waals surface area contributed by atoms with Gasteiger partial charge in [-0.3, -0.25) is 4.79 Å². The Balaban J connectivity index is 2.50. The van der Waals surface area contributed by atoms with Gasteiger partial charge < -0.3 is 4.74 Å². The van der Waals surface area contributed by atoms with Gasteiger partial charge in [0.05, 0.1) is 20.1 Å². The molecule has 0 amide bonds. The van der Waals surface area contributed by atoms with Crippen molar-refractivity contribution in [3.8, 4) is 0 Å². The van der Waals surface area contributed by atoms with Gasteiger partial charge in [-0.2, -0.15) is 0 Å². The van der Waals surface area contributed by atoms with Gasteiger partial charge in [-0.25, -0.2) is 9.78 Å². The molecule has 4 heteroatoms. The normalized spacial score (nSPS) is 13.8. The second kappa shape index (κ2) is 8.67. The Morgan fingerprint density at radius 2 is 1.95 bits per heavy atom. The highest BCUT2D eigenvalue weighted by molar-refractivity contribution is 5.69. The number of methoxy groups -OCH3 is 1. The monoisotopic (exact) mass is 266 g/mol. The lowest BCUT2D eigenvalue weighted by molar-refractivity contribution is -0.336. The van der Waals surface area contributed by atoms with Gasteiger partial charge in [-0.1, -0.05) is 50.6 Å².